The molecule has 0 aromatic heterocycles. The van der Waals surface area contributed by atoms with Crippen molar-refractivity contribution in [3.8, 4) is 0 Å². The second-order valence-corrected chi connectivity index (χ2v) is 4.36. The summed E-state index contributed by atoms with van der Waals surface area (Å²) in [7, 11) is 0. The molecule has 2 unspecified atom stereocenters. The first-order chi connectivity index (χ1) is 7.08. The van der Waals surface area contributed by atoms with Gasteiger partial charge in [-0.2, -0.15) is 0 Å². The molecule has 3 N–H and O–H groups in total. The lowest BCUT2D eigenvalue weighted by atomic mass is 10.1. The van der Waals surface area contributed by atoms with E-state index in [1.54, 1.807) is 12.1 Å². The Morgan fingerprint density at radius 3 is 2.73 bits per heavy atom. The summed E-state index contributed by atoms with van der Waals surface area (Å²) < 4.78 is 0. The van der Waals surface area contributed by atoms with E-state index >= 15 is 0 Å². The maximum absolute atomic E-state index is 11.8. The van der Waals surface area contributed by atoms with Crippen LogP contribution in [-0.2, 0) is 0 Å². The van der Waals surface area contributed by atoms with Crippen LogP contribution < -0.4 is 11.1 Å². The van der Waals surface area contributed by atoms with Gasteiger partial charge in [0.15, 0.2) is 0 Å². The van der Waals surface area contributed by atoms with E-state index in [2.05, 4.69) is 12.2 Å². The third-order valence-corrected chi connectivity index (χ3v) is 2.96. The first-order valence-electron chi connectivity index (χ1n) is 5.25. The van der Waals surface area contributed by atoms with Crippen LogP contribution in [0.2, 0.25) is 0 Å². The van der Waals surface area contributed by atoms with Crippen molar-refractivity contribution in [3.05, 3.63) is 29.3 Å². The molecule has 0 radical (unpaired) electrons. The second-order valence-electron chi connectivity index (χ2n) is 4.36. The fourth-order valence-electron chi connectivity index (χ4n) is 1.59. The maximum Gasteiger partial charge on any atom is 0.251 e. The average molecular weight is 204 g/mol. The van der Waals surface area contributed by atoms with Crippen molar-refractivity contribution < 1.29 is 4.79 Å². The molecule has 0 saturated heterocycles. The zero-order chi connectivity index (χ0) is 11.0. The molecule has 0 heterocycles. The summed E-state index contributed by atoms with van der Waals surface area (Å²) in [5, 5.41) is 2.99. The standard InChI is InChI=1S/C12H16N2O/c1-7-5-9(3-4-10(7)13)12(15)14-11-6-8(11)2/h3-5,8,11H,6,13H2,1-2H3,(H,14,15). The summed E-state index contributed by atoms with van der Waals surface area (Å²) >= 11 is 0. The molecular formula is C12H16N2O. The van der Waals surface area contributed by atoms with Gasteiger partial charge in [-0.05, 0) is 43.0 Å². The number of nitrogens with two attached hydrogens (primary N) is 1. The first-order valence-corrected chi connectivity index (χ1v) is 5.25. The predicted octanol–water partition coefficient (Wildman–Crippen LogP) is 1.72. The van der Waals surface area contributed by atoms with E-state index in [9.17, 15) is 4.79 Å². The minimum Gasteiger partial charge on any atom is -0.399 e. The molecule has 3 nitrogen and oxygen atoms in total. The van der Waals surface area contributed by atoms with Gasteiger partial charge in [-0.3, -0.25) is 4.79 Å². The predicted molar refractivity (Wildman–Crippen MR) is 60.6 cm³/mol. The van der Waals surface area contributed by atoms with E-state index in [-0.39, 0.29) is 5.91 Å². The number of aryl methyl sites for hydroxylation is 1. The molecule has 0 bridgehead atoms. The minimum atomic E-state index is 0.00690. The van der Waals surface area contributed by atoms with Gasteiger partial charge in [0.25, 0.3) is 5.91 Å². The quantitative estimate of drug-likeness (QED) is 0.721. The molecule has 1 aliphatic carbocycles. The molecule has 1 saturated carbocycles. The van der Waals surface area contributed by atoms with Crippen molar-refractivity contribution in [3.63, 3.8) is 0 Å². The number of hydrogen-bond acceptors (Lipinski definition) is 2. The zero-order valence-electron chi connectivity index (χ0n) is 9.08. The Hall–Kier alpha value is -1.51. The number of amides is 1. The summed E-state index contributed by atoms with van der Waals surface area (Å²) in [6.07, 6.45) is 1.10. The van der Waals surface area contributed by atoms with Gasteiger partial charge in [-0.1, -0.05) is 6.92 Å². The Kier molecular flexibility index (Phi) is 2.39. The minimum absolute atomic E-state index is 0.00690. The van der Waals surface area contributed by atoms with Crippen molar-refractivity contribution >= 4 is 11.6 Å². The molecule has 2 rings (SSSR count). The van der Waals surface area contributed by atoms with Gasteiger partial charge in [-0.25, -0.2) is 0 Å². The third-order valence-electron chi connectivity index (χ3n) is 2.96. The Labute approximate surface area is 89.7 Å². The van der Waals surface area contributed by atoms with Crippen molar-refractivity contribution in [2.75, 3.05) is 5.73 Å². The largest absolute Gasteiger partial charge is 0.399 e. The molecule has 80 valence electrons. The monoisotopic (exact) mass is 204 g/mol. The van der Waals surface area contributed by atoms with Gasteiger partial charge in [0.1, 0.15) is 0 Å². The van der Waals surface area contributed by atoms with Crippen LogP contribution in [-0.4, -0.2) is 11.9 Å². The Morgan fingerprint density at radius 1 is 1.53 bits per heavy atom. The summed E-state index contributed by atoms with van der Waals surface area (Å²) in [6, 6.07) is 5.75. The lowest BCUT2D eigenvalue weighted by Gasteiger charge is -2.06. The van der Waals surface area contributed by atoms with Crippen LogP contribution >= 0.6 is 0 Å². The Balaban J connectivity index is 2.08. The number of nitrogens with one attached hydrogen (secondary N) is 1. The SMILES string of the molecule is Cc1cc(C(=O)NC2CC2C)ccc1N. The Morgan fingerprint density at radius 2 is 2.20 bits per heavy atom. The molecule has 1 fully saturated rings. The molecule has 3 heteroatoms. The van der Waals surface area contributed by atoms with E-state index in [4.69, 9.17) is 5.73 Å². The van der Waals surface area contributed by atoms with Crippen LogP contribution in [0.25, 0.3) is 0 Å². The van der Waals surface area contributed by atoms with Crippen molar-refractivity contribution in [1.82, 2.24) is 5.32 Å². The molecule has 0 aliphatic heterocycles. The number of carbonyl (C=O) groups is 1. The Bertz CT molecular complexity index is 401. The summed E-state index contributed by atoms with van der Waals surface area (Å²) in [4.78, 5) is 11.8. The summed E-state index contributed by atoms with van der Waals surface area (Å²) in [5.41, 5.74) is 8.07. The lowest BCUT2D eigenvalue weighted by Crippen LogP contribution is -2.26. The van der Waals surface area contributed by atoms with Crippen molar-refractivity contribution in [2.24, 2.45) is 5.92 Å². The maximum atomic E-state index is 11.8. The van der Waals surface area contributed by atoms with Crippen molar-refractivity contribution in [1.29, 1.82) is 0 Å². The highest BCUT2D eigenvalue weighted by atomic mass is 16.1. The smallest absolute Gasteiger partial charge is 0.251 e. The molecule has 1 aromatic rings. The third kappa shape index (κ3) is 2.12. The van der Waals surface area contributed by atoms with Gasteiger partial charge in [0, 0.05) is 17.3 Å². The van der Waals surface area contributed by atoms with Gasteiger partial charge >= 0.3 is 0 Å². The van der Waals surface area contributed by atoms with Crippen LogP contribution in [0.15, 0.2) is 18.2 Å². The van der Waals surface area contributed by atoms with Gasteiger partial charge in [-0.15, -0.1) is 0 Å². The first kappa shape index (κ1) is 10.0. The van der Waals surface area contributed by atoms with Crippen molar-refractivity contribution in [2.45, 2.75) is 26.3 Å². The summed E-state index contributed by atoms with van der Waals surface area (Å²) in [5.74, 6) is 0.635. The van der Waals surface area contributed by atoms with Crippen LogP contribution in [0.1, 0.15) is 29.3 Å². The number of hydrogen-bond donors (Lipinski definition) is 2. The van der Waals surface area contributed by atoms with E-state index < -0.39 is 0 Å². The summed E-state index contributed by atoms with van der Waals surface area (Å²) in [6.45, 7) is 4.05. The average Bonchev–Trinajstić information content (AvgIpc) is 2.86. The number of carbonyl (C=O) groups excluding carboxylic acids is 1. The van der Waals surface area contributed by atoms with E-state index in [0.717, 1.165) is 17.7 Å². The van der Waals surface area contributed by atoms with E-state index in [0.29, 0.717) is 17.5 Å². The molecule has 1 amide bonds. The topological polar surface area (TPSA) is 55.1 Å². The highest BCUT2D eigenvalue weighted by Crippen LogP contribution is 2.29. The fraction of sp³-hybridized carbons (Fsp3) is 0.417. The van der Waals surface area contributed by atoms with Crippen LogP contribution in [0.4, 0.5) is 5.69 Å². The fourth-order valence-corrected chi connectivity index (χ4v) is 1.59. The molecule has 0 spiro atoms. The van der Waals surface area contributed by atoms with Gasteiger partial charge < -0.3 is 11.1 Å². The van der Waals surface area contributed by atoms with Crippen LogP contribution in [0.5, 0.6) is 0 Å². The number of rotatable bonds is 2. The number of anilines is 1. The highest BCUT2D eigenvalue weighted by Gasteiger charge is 2.33. The van der Waals surface area contributed by atoms with Gasteiger partial charge in [0.05, 0.1) is 0 Å². The molecule has 1 aromatic carbocycles. The van der Waals surface area contributed by atoms with Crippen LogP contribution in [0, 0.1) is 12.8 Å². The highest BCUT2D eigenvalue weighted by molar-refractivity contribution is 5.95. The van der Waals surface area contributed by atoms with E-state index in [1.807, 2.05) is 13.0 Å². The second kappa shape index (κ2) is 3.57. The molecule has 1 aliphatic rings. The van der Waals surface area contributed by atoms with E-state index in [1.165, 1.54) is 0 Å². The molecule has 15 heavy (non-hydrogen) atoms. The number of benzene rings is 1. The lowest BCUT2D eigenvalue weighted by molar-refractivity contribution is 0.0949. The zero-order valence-corrected chi connectivity index (χ0v) is 9.08. The number of nitrogen functional groups attached to an aromatic ring is 1. The molecule has 2 atom stereocenters. The normalized spacial score (nSPS) is 23.6. The van der Waals surface area contributed by atoms with Gasteiger partial charge in [0.2, 0.25) is 0 Å². The molecular weight excluding hydrogens is 188 g/mol. The van der Waals surface area contributed by atoms with Crippen LogP contribution in [0.3, 0.4) is 0 Å².